The Balaban J connectivity index is 1.83. The Bertz CT molecular complexity index is 757. The molecule has 1 fully saturated rings. The van der Waals surface area contributed by atoms with Gasteiger partial charge in [-0.3, -0.25) is 0 Å². The van der Waals surface area contributed by atoms with E-state index in [0.29, 0.717) is 0 Å². The second-order valence-corrected chi connectivity index (χ2v) is 6.58. The zero-order chi connectivity index (χ0) is 17.2. The molecule has 2 heterocycles. The lowest BCUT2D eigenvalue weighted by atomic mass is 9.90. The fraction of sp³-hybridized carbons (Fsp3) is 0.350. The van der Waals surface area contributed by atoms with E-state index in [-0.39, 0.29) is 18.1 Å². The van der Waals surface area contributed by atoms with Crippen LogP contribution in [0.3, 0.4) is 0 Å². The van der Waals surface area contributed by atoms with Crippen molar-refractivity contribution in [1.82, 2.24) is 10.2 Å². The number of nitrogens with zero attached hydrogens (tertiary/aromatic N) is 1. The van der Waals surface area contributed by atoms with Gasteiger partial charge in [0.15, 0.2) is 0 Å². The topological polar surface area (TPSA) is 53.6 Å². The molecule has 0 saturated carbocycles. The summed E-state index contributed by atoms with van der Waals surface area (Å²) in [5, 5.41) is 6.45. The number of nitrogens with one attached hydrogen (secondary N) is 2. The first-order valence-electron chi connectivity index (χ1n) is 8.81. The highest BCUT2D eigenvalue weighted by Crippen LogP contribution is 2.41. The Labute approximate surface area is 148 Å². The van der Waals surface area contributed by atoms with E-state index in [0.717, 1.165) is 48.5 Å². The number of hydrogen-bond donors (Lipinski definition) is 2. The van der Waals surface area contributed by atoms with Crippen LogP contribution in [-0.4, -0.2) is 37.2 Å². The predicted octanol–water partition coefficient (Wildman–Crippen LogP) is 3.38. The summed E-state index contributed by atoms with van der Waals surface area (Å²) in [7, 11) is 1.67. The number of methoxy groups -OCH3 is 1. The summed E-state index contributed by atoms with van der Waals surface area (Å²) >= 11 is 0. The third-order valence-corrected chi connectivity index (χ3v) is 5.12. The molecule has 130 valence electrons. The van der Waals surface area contributed by atoms with Gasteiger partial charge < -0.3 is 20.3 Å². The number of piperidine rings is 1. The molecule has 1 unspecified atom stereocenters. The Hall–Kier alpha value is -2.53. The van der Waals surface area contributed by atoms with Gasteiger partial charge >= 0.3 is 6.03 Å². The van der Waals surface area contributed by atoms with Gasteiger partial charge in [-0.2, -0.15) is 0 Å². The van der Waals surface area contributed by atoms with E-state index in [1.165, 1.54) is 0 Å². The SMILES string of the molecule is COc1ccc2c(c1)C(c1ccccc1)N(C1CCNCC1)C(=O)N2. The Morgan fingerprint density at radius 3 is 2.56 bits per heavy atom. The second-order valence-electron chi connectivity index (χ2n) is 6.58. The maximum absolute atomic E-state index is 13.0. The van der Waals surface area contributed by atoms with Crippen molar-refractivity contribution < 1.29 is 9.53 Å². The lowest BCUT2D eigenvalue weighted by Gasteiger charge is -2.44. The number of carbonyl (C=O) groups excluding carboxylic acids is 1. The number of ether oxygens (including phenoxy) is 1. The van der Waals surface area contributed by atoms with Gasteiger partial charge in [-0.05, 0) is 49.7 Å². The van der Waals surface area contributed by atoms with Crippen LogP contribution < -0.4 is 15.4 Å². The monoisotopic (exact) mass is 337 g/mol. The van der Waals surface area contributed by atoms with E-state index in [1.54, 1.807) is 7.11 Å². The molecule has 1 atom stereocenters. The molecule has 2 aliphatic heterocycles. The third kappa shape index (κ3) is 2.96. The van der Waals surface area contributed by atoms with Gasteiger partial charge in [-0.15, -0.1) is 0 Å². The van der Waals surface area contributed by atoms with Crippen LogP contribution in [0.1, 0.15) is 30.0 Å². The number of benzene rings is 2. The molecule has 2 N–H and O–H groups in total. The highest BCUT2D eigenvalue weighted by atomic mass is 16.5. The summed E-state index contributed by atoms with van der Waals surface area (Å²) in [5.41, 5.74) is 3.08. The molecule has 2 aromatic carbocycles. The fourth-order valence-electron chi connectivity index (χ4n) is 3.89. The van der Waals surface area contributed by atoms with Gasteiger partial charge in [0.1, 0.15) is 5.75 Å². The number of fused-ring (bicyclic) bond motifs is 1. The minimum absolute atomic E-state index is 0.0154. The van der Waals surface area contributed by atoms with Gasteiger partial charge in [-0.25, -0.2) is 4.79 Å². The van der Waals surface area contributed by atoms with Gasteiger partial charge in [0.25, 0.3) is 0 Å². The zero-order valence-corrected chi connectivity index (χ0v) is 14.4. The number of rotatable bonds is 3. The Kier molecular flexibility index (Phi) is 4.32. The Morgan fingerprint density at radius 1 is 1.08 bits per heavy atom. The number of anilines is 1. The molecule has 0 spiro atoms. The number of carbonyl (C=O) groups is 1. The van der Waals surface area contributed by atoms with Crippen molar-refractivity contribution in [3.63, 3.8) is 0 Å². The molecule has 4 rings (SSSR count). The smallest absolute Gasteiger partial charge is 0.322 e. The molecule has 0 aliphatic carbocycles. The van der Waals surface area contributed by atoms with Gasteiger partial charge in [0.05, 0.1) is 13.2 Å². The van der Waals surface area contributed by atoms with E-state index in [1.807, 2.05) is 41.3 Å². The summed E-state index contributed by atoms with van der Waals surface area (Å²) < 4.78 is 5.43. The summed E-state index contributed by atoms with van der Waals surface area (Å²) in [6.45, 7) is 1.89. The number of amides is 2. The van der Waals surface area contributed by atoms with E-state index in [2.05, 4.69) is 22.8 Å². The van der Waals surface area contributed by atoms with Crippen LogP contribution in [0, 0.1) is 0 Å². The molecule has 5 nitrogen and oxygen atoms in total. The molecule has 5 heteroatoms. The van der Waals surface area contributed by atoms with Crippen molar-refractivity contribution in [2.24, 2.45) is 0 Å². The van der Waals surface area contributed by atoms with Gasteiger partial charge in [0, 0.05) is 17.3 Å². The molecule has 2 amide bonds. The molecule has 0 bridgehead atoms. The summed E-state index contributed by atoms with van der Waals surface area (Å²) in [4.78, 5) is 15.0. The number of urea groups is 1. The van der Waals surface area contributed by atoms with Crippen molar-refractivity contribution in [3.05, 3.63) is 59.7 Å². The Morgan fingerprint density at radius 2 is 1.84 bits per heavy atom. The molecule has 1 saturated heterocycles. The third-order valence-electron chi connectivity index (χ3n) is 5.12. The van der Waals surface area contributed by atoms with Crippen LogP contribution in [0.5, 0.6) is 5.75 Å². The van der Waals surface area contributed by atoms with E-state index >= 15 is 0 Å². The predicted molar refractivity (Wildman–Crippen MR) is 98.0 cm³/mol. The van der Waals surface area contributed by atoms with Crippen LogP contribution in [-0.2, 0) is 0 Å². The molecule has 2 aliphatic rings. The van der Waals surface area contributed by atoms with Crippen LogP contribution in [0.2, 0.25) is 0 Å². The lowest BCUT2D eigenvalue weighted by molar-refractivity contribution is 0.146. The summed E-state index contributed by atoms with van der Waals surface area (Å²) in [6.07, 6.45) is 1.94. The summed E-state index contributed by atoms with van der Waals surface area (Å²) in [6, 6.07) is 16.2. The molecule has 0 radical (unpaired) electrons. The van der Waals surface area contributed by atoms with E-state index in [9.17, 15) is 4.79 Å². The lowest BCUT2D eigenvalue weighted by Crippen LogP contribution is -2.51. The van der Waals surface area contributed by atoms with Crippen molar-refractivity contribution in [2.45, 2.75) is 24.9 Å². The number of hydrogen-bond acceptors (Lipinski definition) is 3. The largest absolute Gasteiger partial charge is 0.497 e. The van der Waals surface area contributed by atoms with Crippen molar-refractivity contribution in [2.75, 3.05) is 25.5 Å². The first kappa shape index (κ1) is 16.0. The standard InChI is InChI=1S/C20H23N3O2/c1-25-16-7-8-18-17(13-16)19(14-5-3-2-4-6-14)23(20(24)22-18)15-9-11-21-12-10-15/h2-8,13,15,19,21H,9-12H2,1H3,(H,22,24). The average molecular weight is 337 g/mol. The average Bonchev–Trinajstić information content (AvgIpc) is 2.68. The molecular weight excluding hydrogens is 314 g/mol. The van der Waals surface area contributed by atoms with Gasteiger partial charge in [-0.1, -0.05) is 30.3 Å². The van der Waals surface area contributed by atoms with Crippen LogP contribution in [0.25, 0.3) is 0 Å². The normalized spacial score (nSPS) is 20.8. The van der Waals surface area contributed by atoms with Crippen molar-refractivity contribution in [1.29, 1.82) is 0 Å². The molecule has 2 aromatic rings. The quantitative estimate of drug-likeness (QED) is 0.903. The minimum atomic E-state index is -0.0943. The van der Waals surface area contributed by atoms with E-state index < -0.39 is 0 Å². The van der Waals surface area contributed by atoms with E-state index in [4.69, 9.17) is 4.74 Å². The molecule has 25 heavy (non-hydrogen) atoms. The first-order valence-corrected chi connectivity index (χ1v) is 8.81. The van der Waals surface area contributed by atoms with Crippen molar-refractivity contribution in [3.8, 4) is 5.75 Å². The second kappa shape index (κ2) is 6.76. The first-order chi connectivity index (χ1) is 12.3. The molecular formula is C20H23N3O2. The van der Waals surface area contributed by atoms with Gasteiger partial charge in [0.2, 0.25) is 0 Å². The summed E-state index contributed by atoms with van der Waals surface area (Å²) in [5.74, 6) is 0.807. The fourth-order valence-corrected chi connectivity index (χ4v) is 3.89. The van der Waals surface area contributed by atoms with Crippen LogP contribution in [0.15, 0.2) is 48.5 Å². The van der Waals surface area contributed by atoms with Crippen molar-refractivity contribution >= 4 is 11.7 Å². The van der Waals surface area contributed by atoms with Crippen LogP contribution in [0.4, 0.5) is 10.5 Å². The molecule has 0 aromatic heterocycles. The maximum Gasteiger partial charge on any atom is 0.322 e. The highest BCUT2D eigenvalue weighted by Gasteiger charge is 2.38. The maximum atomic E-state index is 13.0. The zero-order valence-electron chi connectivity index (χ0n) is 14.4. The highest BCUT2D eigenvalue weighted by molar-refractivity contribution is 5.94. The minimum Gasteiger partial charge on any atom is -0.497 e. The van der Waals surface area contributed by atoms with Crippen LogP contribution >= 0.6 is 0 Å².